The summed E-state index contributed by atoms with van der Waals surface area (Å²) in [6.07, 6.45) is 3.61. The Bertz CT molecular complexity index is 1240. The minimum atomic E-state index is -3.85. The number of aromatic nitrogens is 2. The number of hydrogen-bond acceptors (Lipinski definition) is 4. The van der Waals surface area contributed by atoms with Crippen molar-refractivity contribution < 1.29 is 8.42 Å². The number of anilines is 1. The molecule has 0 aliphatic heterocycles. The Morgan fingerprint density at radius 1 is 0.963 bits per heavy atom. The normalized spacial score (nSPS) is 14.9. The van der Waals surface area contributed by atoms with Crippen LogP contribution in [0.1, 0.15) is 36.3 Å². The van der Waals surface area contributed by atoms with E-state index in [1.54, 1.807) is 19.1 Å². The second-order valence-electron chi connectivity index (χ2n) is 6.93. The average Bonchev–Trinajstić information content (AvgIpc) is 2.56. The van der Waals surface area contributed by atoms with Crippen LogP contribution in [-0.2, 0) is 10.0 Å². The summed E-state index contributed by atoms with van der Waals surface area (Å²) in [5.74, 6) is 0.581. The van der Waals surface area contributed by atoms with E-state index in [-0.39, 0.29) is 10.4 Å². The molecule has 4 rings (SSSR count). The lowest BCUT2D eigenvalue weighted by Gasteiger charge is -2.25. The maximum absolute atomic E-state index is 12.8. The molecule has 1 saturated carbocycles. The monoisotopic (exact) mass is 385 g/mol. The van der Waals surface area contributed by atoms with Crippen LogP contribution in [0, 0.1) is 6.92 Å². The molecule has 0 amide bonds. The summed E-state index contributed by atoms with van der Waals surface area (Å²) in [6, 6.07) is 10.3. The molecule has 8 heteroatoms. The lowest BCUT2D eigenvalue weighted by molar-refractivity contribution is 0.420. The number of nitrogens with one attached hydrogen (secondary N) is 3. The first-order chi connectivity index (χ1) is 12.8. The zero-order valence-electron chi connectivity index (χ0n) is 14.7. The number of hydrogen-bond donors (Lipinski definition) is 3. The summed E-state index contributed by atoms with van der Waals surface area (Å²) in [5.41, 5.74) is 1.20. The average molecular weight is 385 g/mol. The van der Waals surface area contributed by atoms with Gasteiger partial charge >= 0.3 is 11.1 Å². The van der Waals surface area contributed by atoms with Crippen LogP contribution >= 0.6 is 0 Å². The molecule has 7 nitrogen and oxygen atoms in total. The van der Waals surface area contributed by atoms with Gasteiger partial charge < -0.3 is 9.97 Å². The molecule has 27 heavy (non-hydrogen) atoms. The minimum Gasteiger partial charge on any atom is -0.316 e. The van der Waals surface area contributed by atoms with Crippen molar-refractivity contribution in [2.24, 2.45) is 0 Å². The van der Waals surface area contributed by atoms with Gasteiger partial charge in [-0.05, 0) is 61.1 Å². The fourth-order valence-corrected chi connectivity index (χ4v) is 4.63. The van der Waals surface area contributed by atoms with E-state index < -0.39 is 21.1 Å². The number of aryl methyl sites for hydroxylation is 1. The Morgan fingerprint density at radius 3 is 2.11 bits per heavy atom. The van der Waals surface area contributed by atoms with Crippen molar-refractivity contribution >= 4 is 26.7 Å². The second-order valence-corrected chi connectivity index (χ2v) is 8.58. The van der Waals surface area contributed by atoms with E-state index in [0.29, 0.717) is 22.7 Å². The van der Waals surface area contributed by atoms with Gasteiger partial charge in [0.1, 0.15) is 0 Å². The molecule has 3 aromatic rings. The number of fused-ring (bicyclic) bond motifs is 1. The highest BCUT2D eigenvalue weighted by atomic mass is 32.2. The topological polar surface area (TPSA) is 112 Å². The molecular formula is C19H19N3O4S. The first-order valence-corrected chi connectivity index (χ1v) is 10.2. The molecule has 0 unspecified atom stereocenters. The maximum Gasteiger partial charge on any atom is 0.314 e. The van der Waals surface area contributed by atoms with E-state index in [1.165, 1.54) is 37.0 Å². The molecule has 140 valence electrons. The quantitative estimate of drug-likeness (QED) is 0.599. The fourth-order valence-electron chi connectivity index (χ4n) is 3.32. The van der Waals surface area contributed by atoms with E-state index in [2.05, 4.69) is 14.7 Å². The number of benzene rings is 2. The summed E-state index contributed by atoms with van der Waals surface area (Å²) >= 11 is 0. The highest BCUT2D eigenvalue weighted by molar-refractivity contribution is 7.92. The van der Waals surface area contributed by atoms with E-state index in [9.17, 15) is 18.0 Å². The van der Waals surface area contributed by atoms with E-state index in [4.69, 9.17) is 0 Å². The lowest BCUT2D eigenvalue weighted by atomic mass is 9.80. The van der Waals surface area contributed by atoms with Crippen LogP contribution in [-0.4, -0.2) is 18.4 Å². The number of H-pyrrole nitrogens is 2. The molecule has 1 heterocycles. The van der Waals surface area contributed by atoms with Crippen LogP contribution in [0.2, 0.25) is 0 Å². The van der Waals surface area contributed by atoms with Crippen LogP contribution in [0.4, 0.5) is 5.69 Å². The summed E-state index contributed by atoms with van der Waals surface area (Å²) < 4.78 is 28.2. The van der Waals surface area contributed by atoms with Gasteiger partial charge in [-0.25, -0.2) is 8.42 Å². The minimum absolute atomic E-state index is 0.0424. The first-order valence-electron chi connectivity index (χ1n) is 8.73. The van der Waals surface area contributed by atoms with Crippen molar-refractivity contribution in [3.8, 4) is 0 Å². The van der Waals surface area contributed by atoms with Crippen LogP contribution in [0.3, 0.4) is 0 Å². The Kier molecular flexibility index (Phi) is 4.15. The van der Waals surface area contributed by atoms with Gasteiger partial charge in [-0.2, -0.15) is 0 Å². The Hall–Kier alpha value is -2.87. The van der Waals surface area contributed by atoms with Crippen molar-refractivity contribution in [3.63, 3.8) is 0 Å². The molecule has 0 atom stereocenters. The Labute approximate surface area is 155 Å². The van der Waals surface area contributed by atoms with Crippen molar-refractivity contribution in [2.75, 3.05) is 4.72 Å². The summed E-state index contributed by atoms with van der Waals surface area (Å²) in [6.45, 7) is 1.64. The zero-order valence-corrected chi connectivity index (χ0v) is 15.5. The summed E-state index contributed by atoms with van der Waals surface area (Å²) in [4.78, 5) is 27.8. The van der Waals surface area contributed by atoms with Crippen molar-refractivity contribution in [3.05, 3.63) is 68.2 Å². The standard InChI is InChI=1S/C19H19N3O4S/c1-11-9-15-16(21-19(24)18(23)20-15)10-17(11)27(25,26)22-14-7-5-13(6-8-14)12-3-2-4-12/h5-10,12,22H,2-4H2,1H3,(H,20,23)(H,21,24). The van der Waals surface area contributed by atoms with Gasteiger partial charge in [0.25, 0.3) is 10.0 Å². The molecule has 0 bridgehead atoms. The van der Waals surface area contributed by atoms with Gasteiger partial charge in [0.05, 0.1) is 15.9 Å². The summed E-state index contributed by atoms with van der Waals surface area (Å²) in [5, 5.41) is 0. The first kappa shape index (κ1) is 17.5. The third-order valence-electron chi connectivity index (χ3n) is 5.05. The third-order valence-corrected chi connectivity index (χ3v) is 6.57. The Morgan fingerprint density at radius 2 is 1.56 bits per heavy atom. The van der Waals surface area contributed by atoms with Crippen molar-refractivity contribution in [2.45, 2.75) is 37.0 Å². The summed E-state index contributed by atoms with van der Waals surface area (Å²) in [7, 11) is -3.85. The second kappa shape index (κ2) is 6.38. The predicted molar refractivity (Wildman–Crippen MR) is 104 cm³/mol. The molecule has 1 aromatic heterocycles. The highest BCUT2D eigenvalue weighted by Gasteiger charge is 2.21. The van der Waals surface area contributed by atoms with Crippen LogP contribution in [0.15, 0.2) is 50.9 Å². The van der Waals surface area contributed by atoms with E-state index in [1.807, 2.05) is 12.1 Å². The molecule has 0 saturated heterocycles. The largest absolute Gasteiger partial charge is 0.316 e. The molecule has 0 spiro atoms. The predicted octanol–water partition coefficient (Wildman–Crippen LogP) is 2.59. The van der Waals surface area contributed by atoms with Crippen LogP contribution in [0.5, 0.6) is 0 Å². The number of sulfonamides is 1. The van der Waals surface area contributed by atoms with Gasteiger partial charge in [-0.1, -0.05) is 18.6 Å². The van der Waals surface area contributed by atoms with Gasteiger partial charge in [-0.3, -0.25) is 14.3 Å². The van der Waals surface area contributed by atoms with Crippen LogP contribution < -0.4 is 15.8 Å². The Balaban J connectivity index is 1.68. The van der Waals surface area contributed by atoms with E-state index >= 15 is 0 Å². The smallest absolute Gasteiger partial charge is 0.314 e. The van der Waals surface area contributed by atoms with Crippen LogP contribution in [0.25, 0.3) is 11.0 Å². The molecule has 1 aliphatic rings. The molecular weight excluding hydrogens is 366 g/mol. The number of rotatable bonds is 4. The van der Waals surface area contributed by atoms with Gasteiger partial charge in [-0.15, -0.1) is 0 Å². The fraction of sp³-hybridized carbons (Fsp3) is 0.263. The third kappa shape index (κ3) is 3.28. The molecule has 0 radical (unpaired) electrons. The van der Waals surface area contributed by atoms with Gasteiger partial charge in [0, 0.05) is 5.69 Å². The van der Waals surface area contributed by atoms with E-state index in [0.717, 1.165) is 0 Å². The molecule has 2 aromatic carbocycles. The maximum atomic E-state index is 12.8. The molecule has 3 N–H and O–H groups in total. The highest BCUT2D eigenvalue weighted by Crippen LogP contribution is 2.36. The number of aromatic amines is 2. The SMILES string of the molecule is Cc1cc2[nH]c(=O)c(=O)[nH]c2cc1S(=O)(=O)Nc1ccc(C2CCC2)cc1. The van der Waals surface area contributed by atoms with Gasteiger partial charge in [0.15, 0.2) is 0 Å². The van der Waals surface area contributed by atoms with Crippen molar-refractivity contribution in [1.82, 2.24) is 9.97 Å². The molecule has 1 aliphatic carbocycles. The van der Waals surface area contributed by atoms with Gasteiger partial charge in [0.2, 0.25) is 0 Å². The zero-order chi connectivity index (χ0) is 19.2. The van der Waals surface area contributed by atoms with Crippen molar-refractivity contribution in [1.29, 1.82) is 0 Å². The lowest BCUT2D eigenvalue weighted by Crippen LogP contribution is -2.29. The molecule has 1 fully saturated rings.